The van der Waals surface area contributed by atoms with Crippen molar-refractivity contribution in [2.24, 2.45) is 0 Å². The highest BCUT2D eigenvalue weighted by molar-refractivity contribution is 7.98. The summed E-state index contributed by atoms with van der Waals surface area (Å²) in [4.78, 5) is 0. The first-order chi connectivity index (χ1) is 6.76. The highest BCUT2D eigenvalue weighted by Crippen LogP contribution is 2.13. The van der Waals surface area contributed by atoms with Gasteiger partial charge in [-0.2, -0.15) is 17.0 Å². The van der Waals surface area contributed by atoms with Crippen molar-refractivity contribution in [3.8, 4) is 6.07 Å². The summed E-state index contributed by atoms with van der Waals surface area (Å²) in [6.07, 6.45) is 2.01. The van der Waals surface area contributed by atoms with E-state index in [0.717, 1.165) is 12.3 Å². The predicted molar refractivity (Wildman–Crippen MR) is 58.0 cm³/mol. The van der Waals surface area contributed by atoms with Gasteiger partial charge in [0.1, 0.15) is 5.82 Å². The number of benzene rings is 1. The molecule has 0 aromatic heterocycles. The summed E-state index contributed by atoms with van der Waals surface area (Å²) in [5, 5.41) is 11.7. The molecule has 0 spiro atoms. The van der Waals surface area contributed by atoms with Crippen molar-refractivity contribution in [3.05, 3.63) is 29.6 Å². The van der Waals surface area contributed by atoms with E-state index in [0.29, 0.717) is 11.3 Å². The van der Waals surface area contributed by atoms with Gasteiger partial charge in [-0.25, -0.2) is 4.39 Å². The molecule has 0 aliphatic rings. The summed E-state index contributed by atoms with van der Waals surface area (Å²) in [7, 11) is 0. The van der Waals surface area contributed by atoms with Gasteiger partial charge in [-0.3, -0.25) is 0 Å². The average Bonchev–Trinajstić information content (AvgIpc) is 2.17. The second-order valence-corrected chi connectivity index (χ2v) is 3.75. The SMILES string of the molecule is CSCCNc1cc(F)cc(C#N)c1. The van der Waals surface area contributed by atoms with Crippen LogP contribution in [0.2, 0.25) is 0 Å². The van der Waals surface area contributed by atoms with Gasteiger partial charge < -0.3 is 5.32 Å². The van der Waals surface area contributed by atoms with Crippen molar-refractivity contribution < 1.29 is 4.39 Å². The maximum absolute atomic E-state index is 12.9. The van der Waals surface area contributed by atoms with Crippen LogP contribution in [0.5, 0.6) is 0 Å². The Morgan fingerprint density at radius 1 is 1.50 bits per heavy atom. The van der Waals surface area contributed by atoms with Gasteiger partial charge in [0, 0.05) is 18.0 Å². The maximum Gasteiger partial charge on any atom is 0.126 e. The first-order valence-electron chi connectivity index (χ1n) is 4.20. The van der Waals surface area contributed by atoms with E-state index in [-0.39, 0.29) is 5.82 Å². The van der Waals surface area contributed by atoms with Crippen molar-refractivity contribution in [2.75, 3.05) is 23.9 Å². The predicted octanol–water partition coefficient (Wildman–Crippen LogP) is 2.47. The maximum atomic E-state index is 12.9. The molecule has 1 N–H and O–H groups in total. The van der Waals surface area contributed by atoms with Crippen LogP contribution in [0.15, 0.2) is 18.2 Å². The number of rotatable bonds is 4. The smallest absolute Gasteiger partial charge is 0.126 e. The van der Waals surface area contributed by atoms with Gasteiger partial charge in [0.25, 0.3) is 0 Å². The molecule has 0 radical (unpaired) electrons. The molecule has 14 heavy (non-hydrogen) atoms. The Labute approximate surface area is 87.1 Å². The molecule has 1 rings (SSSR count). The fourth-order valence-corrected chi connectivity index (χ4v) is 1.36. The zero-order valence-electron chi connectivity index (χ0n) is 7.88. The molecule has 0 aliphatic heterocycles. The molecule has 0 bridgehead atoms. The van der Waals surface area contributed by atoms with Crippen LogP contribution in [0, 0.1) is 17.1 Å². The van der Waals surface area contributed by atoms with Crippen molar-refractivity contribution in [2.45, 2.75) is 0 Å². The average molecular weight is 210 g/mol. The fourth-order valence-electron chi connectivity index (χ4n) is 1.05. The molecule has 1 aromatic rings. The Morgan fingerprint density at radius 2 is 2.29 bits per heavy atom. The van der Waals surface area contributed by atoms with E-state index >= 15 is 0 Å². The largest absolute Gasteiger partial charge is 0.384 e. The minimum Gasteiger partial charge on any atom is -0.384 e. The van der Waals surface area contributed by atoms with E-state index in [4.69, 9.17) is 5.26 Å². The molecule has 1 aromatic carbocycles. The van der Waals surface area contributed by atoms with Crippen LogP contribution in [-0.2, 0) is 0 Å². The summed E-state index contributed by atoms with van der Waals surface area (Å²) >= 11 is 1.71. The summed E-state index contributed by atoms with van der Waals surface area (Å²) < 4.78 is 12.9. The van der Waals surface area contributed by atoms with Gasteiger partial charge in [-0.05, 0) is 24.5 Å². The van der Waals surface area contributed by atoms with Crippen LogP contribution in [-0.4, -0.2) is 18.6 Å². The third-order valence-electron chi connectivity index (χ3n) is 1.66. The van der Waals surface area contributed by atoms with Gasteiger partial charge in [-0.1, -0.05) is 0 Å². The molecule has 0 fully saturated rings. The normalized spacial score (nSPS) is 9.50. The van der Waals surface area contributed by atoms with Gasteiger partial charge in [-0.15, -0.1) is 0 Å². The highest BCUT2D eigenvalue weighted by atomic mass is 32.2. The van der Waals surface area contributed by atoms with Crippen LogP contribution in [0.25, 0.3) is 0 Å². The van der Waals surface area contributed by atoms with Crippen LogP contribution >= 0.6 is 11.8 Å². The number of anilines is 1. The van der Waals surface area contributed by atoms with Crippen LogP contribution in [0.3, 0.4) is 0 Å². The van der Waals surface area contributed by atoms with E-state index in [9.17, 15) is 4.39 Å². The highest BCUT2D eigenvalue weighted by Gasteiger charge is 1.99. The van der Waals surface area contributed by atoms with Crippen molar-refractivity contribution >= 4 is 17.4 Å². The summed E-state index contributed by atoms with van der Waals surface area (Å²) in [6, 6.07) is 6.17. The number of nitrogens with zero attached hydrogens (tertiary/aromatic N) is 1. The lowest BCUT2D eigenvalue weighted by molar-refractivity contribution is 0.628. The van der Waals surface area contributed by atoms with E-state index < -0.39 is 0 Å². The number of hydrogen-bond acceptors (Lipinski definition) is 3. The summed E-state index contributed by atoms with van der Waals surface area (Å²) in [5.74, 6) is 0.578. The number of halogens is 1. The Bertz CT molecular complexity index is 346. The van der Waals surface area contributed by atoms with Crippen molar-refractivity contribution in [1.82, 2.24) is 0 Å². The molecule has 0 saturated carbocycles. The van der Waals surface area contributed by atoms with Crippen molar-refractivity contribution in [3.63, 3.8) is 0 Å². The van der Waals surface area contributed by atoms with E-state index in [1.807, 2.05) is 12.3 Å². The van der Waals surface area contributed by atoms with Crippen LogP contribution in [0.1, 0.15) is 5.56 Å². The molecule has 0 saturated heterocycles. The zero-order chi connectivity index (χ0) is 10.4. The Morgan fingerprint density at radius 3 is 2.93 bits per heavy atom. The first kappa shape index (κ1) is 10.9. The molecule has 0 aliphatic carbocycles. The molecule has 2 nitrogen and oxygen atoms in total. The first-order valence-corrected chi connectivity index (χ1v) is 5.59. The molecule has 0 amide bonds. The number of nitriles is 1. The molecule has 0 unspecified atom stereocenters. The zero-order valence-corrected chi connectivity index (χ0v) is 8.70. The van der Waals surface area contributed by atoms with Gasteiger partial charge in [0.2, 0.25) is 0 Å². The summed E-state index contributed by atoms with van der Waals surface area (Å²) in [5.41, 5.74) is 1.01. The molecule has 4 heteroatoms. The summed E-state index contributed by atoms with van der Waals surface area (Å²) in [6.45, 7) is 0.773. The minimum atomic E-state index is -0.379. The number of thioether (sulfide) groups is 1. The van der Waals surface area contributed by atoms with Crippen LogP contribution < -0.4 is 5.32 Å². The number of nitrogens with one attached hydrogen (secondary N) is 1. The molecule has 0 heterocycles. The topological polar surface area (TPSA) is 35.8 Å². The van der Waals surface area contributed by atoms with E-state index in [1.54, 1.807) is 17.8 Å². The minimum absolute atomic E-state index is 0.344. The Balaban J connectivity index is 2.68. The van der Waals surface area contributed by atoms with Crippen molar-refractivity contribution in [1.29, 1.82) is 5.26 Å². The Kier molecular flexibility index (Phi) is 4.27. The van der Waals surface area contributed by atoms with E-state index in [2.05, 4.69) is 5.32 Å². The van der Waals surface area contributed by atoms with Gasteiger partial charge >= 0.3 is 0 Å². The third-order valence-corrected chi connectivity index (χ3v) is 2.27. The lowest BCUT2D eigenvalue weighted by Gasteiger charge is -2.05. The Hall–Kier alpha value is -1.21. The standard InChI is InChI=1S/C10H11FN2S/c1-14-3-2-13-10-5-8(7-12)4-9(11)6-10/h4-6,13H,2-3H2,1H3. The quantitative estimate of drug-likeness (QED) is 0.775. The fraction of sp³-hybridized carbons (Fsp3) is 0.300. The molecular formula is C10H11FN2S. The van der Waals surface area contributed by atoms with Gasteiger partial charge in [0.05, 0.1) is 11.6 Å². The van der Waals surface area contributed by atoms with Gasteiger partial charge in [0.15, 0.2) is 0 Å². The number of hydrogen-bond donors (Lipinski definition) is 1. The molecule has 74 valence electrons. The molecule has 0 atom stereocenters. The molecular weight excluding hydrogens is 199 g/mol. The second-order valence-electron chi connectivity index (χ2n) is 2.76. The third kappa shape index (κ3) is 3.27. The van der Waals surface area contributed by atoms with E-state index in [1.165, 1.54) is 12.1 Å². The monoisotopic (exact) mass is 210 g/mol. The second kappa shape index (κ2) is 5.51. The lowest BCUT2D eigenvalue weighted by atomic mass is 10.2. The van der Waals surface area contributed by atoms with Crippen LogP contribution in [0.4, 0.5) is 10.1 Å². The lowest BCUT2D eigenvalue weighted by Crippen LogP contribution is -2.04.